The third-order valence-electron chi connectivity index (χ3n) is 5.71. The first-order chi connectivity index (χ1) is 16.2. The molecule has 0 saturated carbocycles. The van der Waals surface area contributed by atoms with Crippen LogP contribution in [0.2, 0.25) is 0 Å². The average Bonchev–Trinajstić information content (AvgIpc) is 3.52. The molecule has 1 fully saturated rings. The monoisotopic (exact) mass is 467 g/mol. The van der Waals surface area contributed by atoms with Crippen molar-refractivity contribution in [2.24, 2.45) is 0 Å². The molecule has 3 aliphatic heterocycles. The van der Waals surface area contributed by atoms with Gasteiger partial charge in [0.05, 0.1) is 16.6 Å². The minimum atomic E-state index is -0.387. The van der Waals surface area contributed by atoms with Crippen LogP contribution in [-0.4, -0.2) is 54.3 Å². The fourth-order valence-electron chi connectivity index (χ4n) is 4.05. The second-order valence-corrected chi connectivity index (χ2v) is 7.93. The number of aromatic nitrogens is 1. The predicted octanol–water partition coefficient (Wildman–Crippen LogP) is 5.01. The summed E-state index contributed by atoms with van der Waals surface area (Å²) in [7, 11) is 0. The average molecular weight is 468 g/mol. The zero-order chi connectivity index (χ0) is 22.6. The van der Waals surface area contributed by atoms with Crippen LogP contribution in [0, 0.1) is 10.1 Å². The highest BCUT2D eigenvalue weighted by atomic mass is 16.6. The highest BCUT2D eigenvalue weighted by Crippen LogP contribution is 2.37. The third-order valence-corrected chi connectivity index (χ3v) is 5.71. The number of fused-ring (bicyclic) bond motifs is 3. The molecule has 4 heterocycles. The molecule has 1 aromatic heterocycles. The van der Waals surface area contributed by atoms with Gasteiger partial charge < -0.3 is 28.8 Å². The molecule has 9 nitrogen and oxygen atoms in total. The number of rotatable bonds is 3. The van der Waals surface area contributed by atoms with Crippen LogP contribution in [0.1, 0.15) is 25.8 Å². The Morgan fingerprint density at radius 2 is 1.47 bits per heavy atom. The van der Waals surface area contributed by atoms with E-state index in [0.29, 0.717) is 43.5 Å². The lowest BCUT2D eigenvalue weighted by atomic mass is 10.1. The minimum absolute atomic E-state index is 0. The van der Waals surface area contributed by atoms with Crippen molar-refractivity contribution >= 4 is 22.7 Å². The molecule has 1 N–H and O–H groups in total. The number of benzene rings is 2. The maximum atomic E-state index is 11.2. The van der Waals surface area contributed by atoms with E-state index in [1.807, 2.05) is 30.6 Å². The summed E-state index contributed by atoms with van der Waals surface area (Å²) >= 11 is 0. The number of nitro groups is 1. The van der Waals surface area contributed by atoms with Gasteiger partial charge >= 0.3 is 0 Å². The second kappa shape index (κ2) is 10.4. The molecule has 9 heteroatoms. The lowest BCUT2D eigenvalue weighted by molar-refractivity contribution is -0.385. The summed E-state index contributed by atoms with van der Waals surface area (Å²) in [5.41, 5.74) is 1.68. The van der Waals surface area contributed by atoms with Crippen LogP contribution in [0.4, 0.5) is 5.69 Å². The zero-order valence-electron chi connectivity index (χ0n) is 18.1. The van der Waals surface area contributed by atoms with Crippen molar-refractivity contribution in [2.75, 3.05) is 39.5 Å². The van der Waals surface area contributed by atoms with E-state index >= 15 is 0 Å². The van der Waals surface area contributed by atoms with Crippen molar-refractivity contribution in [3.05, 3.63) is 58.4 Å². The number of hydrogen-bond acceptors (Lipinski definition) is 7. The van der Waals surface area contributed by atoms with Crippen molar-refractivity contribution in [3.63, 3.8) is 0 Å². The molecule has 0 amide bonds. The minimum Gasteiger partial charge on any atom is -0.486 e. The molecule has 6 rings (SSSR count). The van der Waals surface area contributed by atoms with E-state index in [4.69, 9.17) is 18.9 Å². The van der Waals surface area contributed by atoms with Gasteiger partial charge in [-0.1, -0.05) is 7.43 Å². The van der Waals surface area contributed by atoms with Gasteiger partial charge in [-0.15, -0.1) is 0 Å². The molecule has 180 valence electrons. The summed E-state index contributed by atoms with van der Waals surface area (Å²) in [6.07, 6.45) is 7.96. The molecule has 0 atom stereocenters. The van der Waals surface area contributed by atoms with E-state index in [2.05, 4.69) is 9.88 Å². The molecule has 2 aromatic carbocycles. The first-order valence-electron chi connectivity index (χ1n) is 11.0. The number of likely N-dealkylation sites (tertiary alicyclic amines) is 1. The third kappa shape index (κ3) is 5.03. The van der Waals surface area contributed by atoms with Gasteiger partial charge in [0.15, 0.2) is 23.0 Å². The van der Waals surface area contributed by atoms with E-state index in [1.54, 1.807) is 12.1 Å². The standard InChI is InChI=1S/C14H16N2O4.C10H9NO2.CH4/c17-16(18)12-10-14-13(19-7-8-20-14)9-11(12)3-6-15-4-1-2-5-15;1-2-11-8-6-10-9(5-7(1)8)12-3-4-13-10;/h3,6,9-10H,1-2,4-5,7-8H2;1-2,5-6,11H,3-4H2;1H4/b6-3+;;. The largest absolute Gasteiger partial charge is 0.486 e. The number of nitrogens with zero attached hydrogens (tertiary/aromatic N) is 2. The molecule has 0 spiro atoms. The predicted molar refractivity (Wildman–Crippen MR) is 130 cm³/mol. The lowest BCUT2D eigenvalue weighted by Crippen LogP contribution is -2.15. The first-order valence-corrected chi connectivity index (χ1v) is 11.0. The summed E-state index contributed by atoms with van der Waals surface area (Å²) in [6.45, 7) is 4.19. The van der Waals surface area contributed by atoms with Gasteiger partial charge in [-0.2, -0.15) is 0 Å². The smallest absolute Gasteiger partial charge is 0.280 e. The van der Waals surface area contributed by atoms with Crippen LogP contribution < -0.4 is 18.9 Å². The summed E-state index contributed by atoms with van der Waals surface area (Å²) in [5, 5.41) is 12.3. The van der Waals surface area contributed by atoms with Gasteiger partial charge in [0, 0.05) is 36.3 Å². The van der Waals surface area contributed by atoms with E-state index in [-0.39, 0.29) is 18.0 Å². The van der Waals surface area contributed by atoms with E-state index in [0.717, 1.165) is 35.5 Å². The summed E-state index contributed by atoms with van der Waals surface area (Å²) in [5.74, 6) is 2.70. The van der Waals surface area contributed by atoms with Gasteiger partial charge in [0.2, 0.25) is 0 Å². The number of hydrogen-bond donors (Lipinski definition) is 1. The maximum Gasteiger partial charge on any atom is 0.280 e. The quantitative estimate of drug-likeness (QED) is 0.427. The number of nitro benzene ring substituents is 1. The Labute approximate surface area is 198 Å². The van der Waals surface area contributed by atoms with Crippen molar-refractivity contribution in [3.8, 4) is 23.0 Å². The van der Waals surface area contributed by atoms with Crippen LogP contribution in [-0.2, 0) is 0 Å². The van der Waals surface area contributed by atoms with Crippen LogP contribution in [0.25, 0.3) is 17.0 Å². The van der Waals surface area contributed by atoms with Crippen LogP contribution in [0.5, 0.6) is 23.0 Å². The van der Waals surface area contributed by atoms with Crippen molar-refractivity contribution in [2.45, 2.75) is 20.3 Å². The normalized spacial score (nSPS) is 16.1. The number of ether oxygens (including phenoxy) is 4. The van der Waals surface area contributed by atoms with E-state index < -0.39 is 0 Å². The molecule has 3 aromatic rings. The van der Waals surface area contributed by atoms with Gasteiger partial charge in [-0.3, -0.25) is 10.1 Å². The van der Waals surface area contributed by atoms with Crippen molar-refractivity contribution in [1.82, 2.24) is 9.88 Å². The molecular weight excluding hydrogens is 438 g/mol. The molecule has 1 saturated heterocycles. The lowest BCUT2D eigenvalue weighted by Gasteiger charge is -2.18. The fourth-order valence-corrected chi connectivity index (χ4v) is 4.05. The molecule has 3 aliphatic rings. The van der Waals surface area contributed by atoms with Gasteiger partial charge in [-0.05, 0) is 43.3 Å². The highest BCUT2D eigenvalue weighted by Gasteiger charge is 2.21. The highest BCUT2D eigenvalue weighted by molar-refractivity contribution is 5.83. The Morgan fingerprint density at radius 3 is 2.12 bits per heavy atom. The van der Waals surface area contributed by atoms with E-state index in [1.165, 1.54) is 18.9 Å². The van der Waals surface area contributed by atoms with Gasteiger partial charge in [0.1, 0.15) is 26.4 Å². The van der Waals surface area contributed by atoms with Crippen molar-refractivity contribution < 1.29 is 23.9 Å². The SMILES string of the molecule is C.O=[N+]([O-])c1cc2c(cc1/C=C/N1CCCC1)OCCO2.c1cc2cc3c(cc2[nH]1)OCCO3. The number of aromatic amines is 1. The summed E-state index contributed by atoms with van der Waals surface area (Å²) in [6, 6.07) is 9.12. The second-order valence-electron chi connectivity index (χ2n) is 7.93. The van der Waals surface area contributed by atoms with Gasteiger partial charge in [-0.25, -0.2) is 0 Å². The summed E-state index contributed by atoms with van der Waals surface area (Å²) in [4.78, 5) is 16.1. The maximum absolute atomic E-state index is 11.2. The fraction of sp³-hybridized carbons (Fsp3) is 0.360. The Bertz CT molecular complexity index is 1140. The van der Waals surface area contributed by atoms with E-state index in [9.17, 15) is 10.1 Å². The first kappa shape index (κ1) is 23.3. The van der Waals surface area contributed by atoms with Crippen LogP contribution >= 0.6 is 0 Å². The molecule has 34 heavy (non-hydrogen) atoms. The molecule has 0 unspecified atom stereocenters. The van der Waals surface area contributed by atoms with Crippen LogP contribution in [0.15, 0.2) is 42.7 Å². The molecule has 0 aliphatic carbocycles. The Hall–Kier alpha value is -3.88. The van der Waals surface area contributed by atoms with Crippen LogP contribution in [0.3, 0.4) is 0 Å². The Balaban J connectivity index is 0.000000169. The Morgan fingerprint density at radius 1 is 0.882 bits per heavy atom. The van der Waals surface area contributed by atoms with Crippen molar-refractivity contribution in [1.29, 1.82) is 0 Å². The van der Waals surface area contributed by atoms with Gasteiger partial charge in [0.25, 0.3) is 5.69 Å². The molecule has 0 bridgehead atoms. The summed E-state index contributed by atoms with van der Waals surface area (Å²) < 4.78 is 21.8. The number of H-pyrrole nitrogens is 1. The Kier molecular flexibility index (Phi) is 7.10. The molecular formula is C25H29N3O6. The number of nitrogens with one attached hydrogen (secondary N) is 1. The zero-order valence-corrected chi connectivity index (χ0v) is 18.1. The molecule has 0 radical (unpaired) electrons. The topological polar surface area (TPSA) is 99.1 Å².